The fourth-order valence-corrected chi connectivity index (χ4v) is 2.64. The summed E-state index contributed by atoms with van der Waals surface area (Å²) in [5, 5.41) is 9.46. The molecule has 2 unspecified atom stereocenters. The molecule has 2 atom stereocenters. The van der Waals surface area contributed by atoms with E-state index in [1.165, 1.54) is 5.56 Å². The summed E-state index contributed by atoms with van der Waals surface area (Å²) in [6.07, 6.45) is 3.54. The van der Waals surface area contributed by atoms with Crippen molar-refractivity contribution in [1.82, 2.24) is 0 Å². The number of hydrogen-bond donors (Lipinski definition) is 1. The smallest absolute Gasteiger partial charge is 0.0582 e. The van der Waals surface area contributed by atoms with E-state index < -0.39 is 0 Å². The van der Waals surface area contributed by atoms with Crippen molar-refractivity contribution in [2.75, 3.05) is 13.2 Å². The fraction of sp³-hybridized carbons (Fsp3) is 0.538. The Morgan fingerprint density at radius 1 is 1.50 bits per heavy atom. The standard InChI is InChI=1S/C13H17BrO2/c14-12-4-1-3-10(7-12)11(9-15)8-13-5-2-6-16-13/h1,3-4,7,11,13,15H,2,5-6,8-9H2. The van der Waals surface area contributed by atoms with Crippen LogP contribution in [-0.2, 0) is 4.74 Å². The minimum absolute atomic E-state index is 0.191. The first-order chi connectivity index (χ1) is 7.79. The van der Waals surface area contributed by atoms with Crippen LogP contribution in [0.2, 0.25) is 0 Å². The van der Waals surface area contributed by atoms with Crippen LogP contribution in [-0.4, -0.2) is 24.4 Å². The number of aliphatic hydroxyl groups is 1. The minimum atomic E-state index is 0.191. The molecule has 0 bridgehead atoms. The summed E-state index contributed by atoms with van der Waals surface area (Å²) in [5.74, 6) is 0.195. The first kappa shape index (κ1) is 12.1. The highest BCUT2D eigenvalue weighted by atomic mass is 79.9. The second-order valence-electron chi connectivity index (χ2n) is 4.31. The third-order valence-electron chi connectivity index (χ3n) is 3.11. The van der Waals surface area contributed by atoms with Crippen molar-refractivity contribution < 1.29 is 9.84 Å². The topological polar surface area (TPSA) is 29.5 Å². The molecule has 1 heterocycles. The summed E-state index contributed by atoms with van der Waals surface area (Å²) < 4.78 is 6.68. The summed E-state index contributed by atoms with van der Waals surface area (Å²) in [4.78, 5) is 0. The monoisotopic (exact) mass is 284 g/mol. The number of benzene rings is 1. The molecule has 0 spiro atoms. The number of hydrogen-bond acceptors (Lipinski definition) is 2. The fourth-order valence-electron chi connectivity index (χ4n) is 2.22. The Morgan fingerprint density at radius 2 is 2.38 bits per heavy atom. The molecule has 0 radical (unpaired) electrons. The van der Waals surface area contributed by atoms with Gasteiger partial charge >= 0.3 is 0 Å². The van der Waals surface area contributed by atoms with Crippen LogP contribution in [0.1, 0.15) is 30.7 Å². The Hall–Kier alpha value is -0.380. The molecular weight excluding hydrogens is 268 g/mol. The van der Waals surface area contributed by atoms with E-state index in [-0.39, 0.29) is 12.5 Å². The quantitative estimate of drug-likeness (QED) is 0.921. The molecule has 1 aromatic carbocycles. The van der Waals surface area contributed by atoms with Crippen molar-refractivity contribution in [1.29, 1.82) is 0 Å². The summed E-state index contributed by atoms with van der Waals surface area (Å²) in [5.41, 5.74) is 1.19. The van der Waals surface area contributed by atoms with E-state index in [1.54, 1.807) is 0 Å². The average Bonchev–Trinajstić information content (AvgIpc) is 2.78. The highest BCUT2D eigenvalue weighted by Gasteiger charge is 2.21. The number of halogens is 1. The average molecular weight is 285 g/mol. The lowest BCUT2D eigenvalue weighted by atomic mass is 9.93. The van der Waals surface area contributed by atoms with Crippen molar-refractivity contribution in [3.8, 4) is 0 Å². The van der Waals surface area contributed by atoms with Gasteiger partial charge in [0.25, 0.3) is 0 Å². The van der Waals surface area contributed by atoms with E-state index in [2.05, 4.69) is 28.1 Å². The van der Waals surface area contributed by atoms with Gasteiger partial charge in [-0.1, -0.05) is 28.1 Å². The lowest BCUT2D eigenvalue weighted by Crippen LogP contribution is -2.14. The number of ether oxygens (including phenoxy) is 1. The van der Waals surface area contributed by atoms with Gasteiger partial charge in [0.1, 0.15) is 0 Å². The zero-order chi connectivity index (χ0) is 11.4. The van der Waals surface area contributed by atoms with Gasteiger partial charge in [0.15, 0.2) is 0 Å². The summed E-state index contributed by atoms with van der Waals surface area (Å²) in [6, 6.07) is 8.16. The molecule has 1 aliphatic rings. The molecule has 0 aliphatic carbocycles. The third kappa shape index (κ3) is 3.06. The third-order valence-corrected chi connectivity index (χ3v) is 3.61. The van der Waals surface area contributed by atoms with Gasteiger partial charge < -0.3 is 9.84 Å². The Kier molecular flexibility index (Phi) is 4.38. The van der Waals surface area contributed by atoms with Crippen molar-refractivity contribution in [3.63, 3.8) is 0 Å². The first-order valence-electron chi connectivity index (χ1n) is 5.77. The highest BCUT2D eigenvalue weighted by molar-refractivity contribution is 9.10. The van der Waals surface area contributed by atoms with Crippen LogP contribution in [0.25, 0.3) is 0 Å². The van der Waals surface area contributed by atoms with Crippen molar-refractivity contribution in [3.05, 3.63) is 34.3 Å². The zero-order valence-corrected chi connectivity index (χ0v) is 10.8. The predicted octanol–water partition coefficient (Wildman–Crippen LogP) is 3.09. The molecule has 2 rings (SSSR count). The lowest BCUT2D eigenvalue weighted by Gasteiger charge is -2.18. The van der Waals surface area contributed by atoms with Gasteiger partial charge in [-0.25, -0.2) is 0 Å². The zero-order valence-electron chi connectivity index (χ0n) is 9.23. The van der Waals surface area contributed by atoms with Gasteiger partial charge in [0.05, 0.1) is 12.7 Å². The lowest BCUT2D eigenvalue weighted by molar-refractivity contribution is 0.0898. The van der Waals surface area contributed by atoms with Gasteiger partial charge in [-0.05, 0) is 37.0 Å². The minimum Gasteiger partial charge on any atom is -0.396 e. The molecule has 1 N–H and O–H groups in total. The molecule has 0 aromatic heterocycles. The molecule has 1 aromatic rings. The maximum Gasteiger partial charge on any atom is 0.0582 e. The summed E-state index contributed by atoms with van der Waals surface area (Å²) in [7, 11) is 0. The molecule has 3 heteroatoms. The van der Waals surface area contributed by atoms with E-state index in [9.17, 15) is 5.11 Å². The molecule has 1 saturated heterocycles. The van der Waals surface area contributed by atoms with Gasteiger partial charge in [0.2, 0.25) is 0 Å². The van der Waals surface area contributed by atoms with E-state index in [0.717, 1.165) is 30.3 Å². The van der Waals surface area contributed by atoms with Crippen LogP contribution in [0.4, 0.5) is 0 Å². The van der Waals surface area contributed by atoms with E-state index in [0.29, 0.717) is 6.10 Å². The second kappa shape index (κ2) is 5.80. The molecule has 1 aliphatic heterocycles. The summed E-state index contributed by atoms with van der Waals surface area (Å²) >= 11 is 3.46. The van der Waals surface area contributed by atoms with E-state index in [4.69, 9.17) is 4.74 Å². The number of rotatable bonds is 4. The molecule has 16 heavy (non-hydrogen) atoms. The van der Waals surface area contributed by atoms with Crippen LogP contribution >= 0.6 is 15.9 Å². The van der Waals surface area contributed by atoms with Crippen molar-refractivity contribution >= 4 is 15.9 Å². The Bertz CT molecular complexity index is 334. The summed E-state index contributed by atoms with van der Waals surface area (Å²) in [6.45, 7) is 1.07. The molecule has 0 amide bonds. The van der Waals surface area contributed by atoms with Crippen LogP contribution in [0.3, 0.4) is 0 Å². The molecule has 88 valence electrons. The molecule has 0 saturated carbocycles. The largest absolute Gasteiger partial charge is 0.396 e. The predicted molar refractivity (Wildman–Crippen MR) is 67.6 cm³/mol. The maximum absolute atomic E-state index is 9.46. The SMILES string of the molecule is OCC(CC1CCCO1)c1cccc(Br)c1. The van der Waals surface area contributed by atoms with Crippen molar-refractivity contribution in [2.24, 2.45) is 0 Å². The molecule has 2 nitrogen and oxygen atoms in total. The Labute approximate surface area is 105 Å². The highest BCUT2D eigenvalue weighted by Crippen LogP contribution is 2.28. The molecule has 1 fully saturated rings. The van der Waals surface area contributed by atoms with E-state index >= 15 is 0 Å². The van der Waals surface area contributed by atoms with Crippen LogP contribution in [0.5, 0.6) is 0 Å². The van der Waals surface area contributed by atoms with Gasteiger partial charge in [-0.2, -0.15) is 0 Å². The van der Waals surface area contributed by atoms with Gasteiger partial charge in [-0.3, -0.25) is 0 Å². The Morgan fingerprint density at radius 3 is 3.00 bits per heavy atom. The maximum atomic E-state index is 9.46. The normalized spacial score (nSPS) is 22.2. The number of aliphatic hydroxyl groups excluding tert-OH is 1. The van der Waals surface area contributed by atoms with Crippen LogP contribution in [0.15, 0.2) is 28.7 Å². The van der Waals surface area contributed by atoms with E-state index in [1.807, 2.05) is 12.1 Å². The van der Waals surface area contributed by atoms with Crippen LogP contribution in [0, 0.1) is 0 Å². The van der Waals surface area contributed by atoms with Crippen molar-refractivity contribution in [2.45, 2.75) is 31.3 Å². The molecular formula is C13H17BrO2. The van der Waals surface area contributed by atoms with Gasteiger partial charge in [-0.15, -0.1) is 0 Å². The Balaban J connectivity index is 2.03. The van der Waals surface area contributed by atoms with Crippen LogP contribution < -0.4 is 0 Å². The first-order valence-corrected chi connectivity index (χ1v) is 6.57. The van der Waals surface area contributed by atoms with Gasteiger partial charge in [0, 0.05) is 17.0 Å². The second-order valence-corrected chi connectivity index (χ2v) is 5.22.